The summed E-state index contributed by atoms with van der Waals surface area (Å²) >= 11 is 6.67. The fourth-order valence-corrected chi connectivity index (χ4v) is 4.98. The fraction of sp³-hybridized carbons (Fsp3) is 0.542. The predicted molar refractivity (Wildman–Crippen MR) is 122 cm³/mol. The van der Waals surface area contributed by atoms with E-state index in [0.717, 1.165) is 59.3 Å². The number of aromatic nitrogens is 1. The maximum absolute atomic E-state index is 13.3. The van der Waals surface area contributed by atoms with Gasteiger partial charge in [-0.3, -0.25) is 14.7 Å². The second kappa shape index (κ2) is 8.65. The minimum Gasteiger partial charge on any atom is -0.449 e. The van der Waals surface area contributed by atoms with Gasteiger partial charge in [-0.1, -0.05) is 24.6 Å². The quantitative estimate of drug-likeness (QED) is 0.680. The number of piperazine rings is 1. The molecule has 1 aromatic carbocycles. The monoisotopic (exact) mass is 443 g/mol. The number of halogens is 1. The average Bonchev–Trinajstić information content (AvgIpc) is 2.76. The number of hydrogen-bond acceptors (Lipinski definition) is 4. The van der Waals surface area contributed by atoms with E-state index in [2.05, 4.69) is 0 Å². The minimum atomic E-state index is -0.504. The van der Waals surface area contributed by atoms with Crippen molar-refractivity contribution in [1.29, 1.82) is 0 Å². The van der Waals surface area contributed by atoms with Crippen LogP contribution in [0.4, 0.5) is 4.79 Å². The first-order valence-corrected chi connectivity index (χ1v) is 11.5. The molecule has 1 aliphatic carbocycles. The highest BCUT2D eigenvalue weighted by Crippen LogP contribution is 2.33. The van der Waals surface area contributed by atoms with Crippen molar-refractivity contribution >= 4 is 34.5 Å². The first-order valence-electron chi connectivity index (χ1n) is 11.2. The van der Waals surface area contributed by atoms with Crippen LogP contribution in [0, 0.1) is 0 Å². The van der Waals surface area contributed by atoms with Crippen LogP contribution in [0.15, 0.2) is 18.2 Å². The van der Waals surface area contributed by atoms with E-state index in [1.54, 1.807) is 4.90 Å². The van der Waals surface area contributed by atoms with Gasteiger partial charge in [-0.25, -0.2) is 4.79 Å². The van der Waals surface area contributed by atoms with Gasteiger partial charge < -0.3 is 9.64 Å². The van der Waals surface area contributed by atoms with Crippen molar-refractivity contribution < 1.29 is 14.3 Å². The lowest BCUT2D eigenvalue weighted by atomic mass is 9.94. The number of aryl methyl sites for hydroxylation is 1. The van der Waals surface area contributed by atoms with Crippen LogP contribution in [0.5, 0.6) is 0 Å². The normalized spacial score (nSPS) is 18.1. The van der Waals surface area contributed by atoms with Crippen molar-refractivity contribution in [2.75, 3.05) is 26.2 Å². The van der Waals surface area contributed by atoms with Crippen LogP contribution in [0.1, 0.15) is 61.6 Å². The van der Waals surface area contributed by atoms with E-state index in [-0.39, 0.29) is 12.0 Å². The van der Waals surface area contributed by atoms with Gasteiger partial charge in [0.15, 0.2) is 0 Å². The topological polar surface area (TPSA) is 62.7 Å². The molecule has 1 saturated heterocycles. The molecule has 0 spiro atoms. The standard InChI is InChI=1S/C24H30ClN3O3/c1-4-13-31-23(30)28-12-11-27(15-24(28,2)3)22(29)16-9-10-18-20(14-16)26-19-8-6-5-7-17(19)21(18)25/h9-10,14H,4-8,11-13,15H2,1-3H3. The number of amides is 2. The summed E-state index contributed by atoms with van der Waals surface area (Å²) in [5, 5.41) is 1.68. The summed E-state index contributed by atoms with van der Waals surface area (Å²) in [7, 11) is 0. The third kappa shape index (κ3) is 4.22. The molecule has 2 amide bonds. The molecule has 7 heteroatoms. The highest BCUT2D eigenvalue weighted by Gasteiger charge is 2.39. The van der Waals surface area contributed by atoms with Crippen LogP contribution < -0.4 is 0 Å². The third-order valence-electron chi connectivity index (χ3n) is 6.28. The second-order valence-corrected chi connectivity index (χ2v) is 9.47. The smallest absolute Gasteiger partial charge is 0.410 e. The average molecular weight is 444 g/mol. The molecule has 1 fully saturated rings. The molecule has 0 atom stereocenters. The first-order chi connectivity index (χ1) is 14.8. The summed E-state index contributed by atoms with van der Waals surface area (Å²) in [6, 6.07) is 5.60. The van der Waals surface area contributed by atoms with Crippen molar-refractivity contribution in [3.8, 4) is 0 Å². The number of nitrogens with zero attached hydrogens (tertiary/aromatic N) is 3. The van der Waals surface area contributed by atoms with Crippen LogP contribution >= 0.6 is 11.6 Å². The highest BCUT2D eigenvalue weighted by atomic mass is 35.5. The molecule has 2 aromatic rings. The number of rotatable bonds is 3. The zero-order chi connectivity index (χ0) is 22.2. The largest absolute Gasteiger partial charge is 0.449 e. The van der Waals surface area contributed by atoms with Gasteiger partial charge in [-0.05, 0) is 63.6 Å². The number of ether oxygens (including phenoxy) is 1. The molecule has 0 bridgehead atoms. The summed E-state index contributed by atoms with van der Waals surface area (Å²) in [5.74, 6) is -0.0489. The lowest BCUT2D eigenvalue weighted by molar-refractivity contribution is 0.0112. The van der Waals surface area contributed by atoms with E-state index in [9.17, 15) is 9.59 Å². The summed E-state index contributed by atoms with van der Waals surface area (Å²) in [6.07, 6.45) is 4.65. The van der Waals surface area contributed by atoms with E-state index >= 15 is 0 Å². The minimum absolute atomic E-state index is 0.0489. The van der Waals surface area contributed by atoms with Gasteiger partial charge in [-0.15, -0.1) is 0 Å². The van der Waals surface area contributed by atoms with Gasteiger partial charge in [0, 0.05) is 36.3 Å². The Morgan fingerprint density at radius 3 is 2.71 bits per heavy atom. The van der Waals surface area contributed by atoms with Gasteiger partial charge in [-0.2, -0.15) is 0 Å². The number of pyridine rings is 1. The van der Waals surface area contributed by atoms with Gasteiger partial charge >= 0.3 is 6.09 Å². The predicted octanol–water partition coefficient (Wildman–Crippen LogP) is 4.85. The van der Waals surface area contributed by atoms with Crippen LogP contribution in [0.2, 0.25) is 5.02 Å². The molecule has 1 aliphatic heterocycles. The molecular weight excluding hydrogens is 414 g/mol. The molecule has 0 N–H and O–H groups in total. The summed E-state index contributed by atoms with van der Waals surface area (Å²) in [6.45, 7) is 7.68. The van der Waals surface area contributed by atoms with Crippen molar-refractivity contribution in [3.63, 3.8) is 0 Å². The third-order valence-corrected chi connectivity index (χ3v) is 6.71. The van der Waals surface area contributed by atoms with E-state index in [1.807, 2.05) is 43.9 Å². The van der Waals surface area contributed by atoms with Crippen LogP contribution in [0.25, 0.3) is 10.9 Å². The number of hydrogen-bond donors (Lipinski definition) is 0. The molecule has 166 valence electrons. The van der Waals surface area contributed by atoms with Crippen molar-refractivity contribution in [3.05, 3.63) is 40.0 Å². The molecule has 31 heavy (non-hydrogen) atoms. The van der Waals surface area contributed by atoms with Crippen molar-refractivity contribution in [1.82, 2.24) is 14.8 Å². The Labute approximate surface area is 188 Å². The molecule has 2 heterocycles. The molecular formula is C24H30ClN3O3. The summed E-state index contributed by atoms with van der Waals surface area (Å²) in [5.41, 5.74) is 3.10. The Hall–Kier alpha value is -2.34. The lowest BCUT2D eigenvalue weighted by Gasteiger charge is -2.46. The molecule has 0 saturated carbocycles. The number of benzene rings is 1. The number of fused-ring (bicyclic) bond motifs is 2. The summed E-state index contributed by atoms with van der Waals surface area (Å²) < 4.78 is 5.31. The second-order valence-electron chi connectivity index (χ2n) is 9.10. The molecule has 1 aromatic heterocycles. The van der Waals surface area contributed by atoms with E-state index in [4.69, 9.17) is 21.3 Å². The molecule has 2 aliphatic rings. The van der Waals surface area contributed by atoms with E-state index in [0.29, 0.717) is 31.8 Å². The van der Waals surface area contributed by atoms with E-state index < -0.39 is 5.54 Å². The Bertz CT molecular complexity index is 1020. The number of carbonyl (C=O) groups excluding carboxylic acids is 2. The van der Waals surface area contributed by atoms with Gasteiger partial charge in [0.05, 0.1) is 22.7 Å². The van der Waals surface area contributed by atoms with Crippen LogP contribution in [-0.4, -0.2) is 58.6 Å². The van der Waals surface area contributed by atoms with E-state index in [1.165, 1.54) is 0 Å². The molecule has 4 rings (SSSR count). The Morgan fingerprint density at radius 2 is 1.97 bits per heavy atom. The fourth-order valence-electron chi connectivity index (χ4n) is 4.62. The maximum Gasteiger partial charge on any atom is 0.410 e. The SMILES string of the molecule is CCCOC(=O)N1CCN(C(=O)c2ccc3c(Cl)c4c(nc3c2)CCCC4)CC1(C)C. The van der Waals surface area contributed by atoms with Crippen LogP contribution in [0.3, 0.4) is 0 Å². The van der Waals surface area contributed by atoms with Gasteiger partial charge in [0.1, 0.15) is 0 Å². The van der Waals surface area contributed by atoms with Crippen LogP contribution in [-0.2, 0) is 17.6 Å². The molecule has 0 unspecified atom stereocenters. The van der Waals surface area contributed by atoms with Gasteiger partial charge in [0.2, 0.25) is 0 Å². The first kappa shape index (κ1) is 21.9. The Morgan fingerprint density at radius 1 is 1.19 bits per heavy atom. The van der Waals surface area contributed by atoms with Crippen molar-refractivity contribution in [2.24, 2.45) is 0 Å². The van der Waals surface area contributed by atoms with Crippen molar-refractivity contribution in [2.45, 2.75) is 58.4 Å². The Kier molecular flexibility index (Phi) is 6.11. The zero-order valence-electron chi connectivity index (χ0n) is 18.5. The molecule has 6 nitrogen and oxygen atoms in total. The van der Waals surface area contributed by atoms with Gasteiger partial charge in [0.25, 0.3) is 5.91 Å². The lowest BCUT2D eigenvalue weighted by Crippen LogP contribution is -2.62. The Balaban J connectivity index is 1.55. The summed E-state index contributed by atoms with van der Waals surface area (Å²) in [4.78, 5) is 34.0. The highest BCUT2D eigenvalue weighted by molar-refractivity contribution is 6.36. The molecule has 0 radical (unpaired) electrons. The maximum atomic E-state index is 13.3. The zero-order valence-corrected chi connectivity index (χ0v) is 19.3. The number of carbonyl (C=O) groups is 2.